The summed E-state index contributed by atoms with van der Waals surface area (Å²) < 4.78 is 49.5. The molecular formula is C19H23FN2O5S. The summed E-state index contributed by atoms with van der Waals surface area (Å²) in [4.78, 5) is 12.5. The number of hydrogen-bond donors (Lipinski definition) is 2. The predicted molar refractivity (Wildman–Crippen MR) is 103 cm³/mol. The molecule has 0 fully saturated rings. The van der Waals surface area contributed by atoms with Crippen molar-refractivity contribution in [1.29, 1.82) is 0 Å². The number of hydrogen-bond acceptors (Lipinski definition) is 5. The van der Waals surface area contributed by atoms with Crippen LogP contribution >= 0.6 is 0 Å². The molecule has 0 aromatic heterocycles. The Morgan fingerprint density at radius 3 is 2.14 bits per heavy atom. The predicted octanol–water partition coefficient (Wildman–Crippen LogP) is 2.14. The van der Waals surface area contributed by atoms with Crippen LogP contribution in [0.15, 0.2) is 42.5 Å². The molecule has 2 rings (SSSR count). The SMILES string of the molecule is COc1cccc(OC)c1CNC(=O)C[C@H](NS(C)(=O)=O)c1ccc(F)cc1. The van der Waals surface area contributed by atoms with Gasteiger partial charge in [0.15, 0.2) is 0 Å². The summed E-state index contributed by atoms with van der Waals surface area (Å²) in [5.74, 6) is 0.279. The van der Waals surface area contributed by atoms with Gasteiger partial charge < -0.3 is 14.8 Å². The lowest BCUT2D eigenvalue weighted by Crippen LogP contribution is -2.33. The maximum Gasteiger partial charge on any atom is 0.222 e. The van der Waals surface area contributed by atoms with Crippen LogP contribution in [0.3, 0.4) is 0 Å². The molecule has 2 N–H and O–H groups in total. The Morgan fingerprint density at radius 2 is 1.64 bits per heavy atom. The van der Waals surface area contributed by atoms with Gasteiger partial charge in [-0.1, -0.05) is 18.2 Å². The summed E-state index contributed by atoms with van der Waals surface area (Å²) in [5, 5.41) is 2.74. The van der Waals surface area contributed by atoms with E-state index in [9.17, 15) is 17.6 Å². The highest BCUT2D eigenvalue weighted by Crippen LogP contribution is 2.28. The molecule has 0 heterocycles. The number of benzene rings is 2. The lowest BCUT2D eigenvalue weighted by molar-refractivity contribution is -0.121. The molecule has 0 saturated carbocycles. The second-order valence-corrected chi connectivity index (χ2v) is 7.90. The lowest BCUT2D eigenvalue weighted by atomic mass is 10.0. The maximum absolute atomic E-state index is 13.2. The van der Waals surface area contributed by atoms with Gasteiger partial charge in [-0.05, 0) is 29.8 Å². The molecule has 9 heteroatoms. The highest BCUT2D eigenvalue weighted by molar-refractivity contribution is 7.88. The summed E-state index contributed by atoms with van der Waals surface area (Å²) >= 11 is 0. The first kappa shape index (κ1) is 21.6. The summed E-state index contributed by atoms with van der Waals surface area (Å²) in [6, 6.07) is 9.74. The Bertz CT molecular complexity index is 894. The molecule has 0 aliphatic carbocycles. The van der Waals surface area contributed by atoms with E-state index in [1.54, 1.807) is 18.2 Å². The second-order valence-electron chi connectivity index (χ2n) is 6.12. The molecule has 7 nitrogen and oxygen atoms in total. The zero-order valence-corrected chi connectivity index (χ0v) is 16.7. The molecule has 0 aliphatic heterocycles. The van der Waals surface area contributed by atoms with E-state index < -0.39 is 27.8 Å². The first-order valence-corrected chi connectivity index (χ1v) is 10.3. The van der Waals surface area contributed by atoms with Gasteiger partial charge in [0.25, 0.3) is 0 Å². The molecule has 0 aliphatic rings. The van der Waals surface area contributed by atoms with Crippen LogP contribution in [-0.4, -0.2) is 34.8 Å². The van der Waals surface area contributed by atoms with Crippen molar-refractivity contribution in [1.82, 2.24) is 10.0 Å². The number of sulfonamides is 1. The Kier molecular flexibility index (Phi) is 7.36. The van der Waals surface area contributed by atoms with Crippen molar-refractivity contribution >= 4 is 15.9 Å². The number of ether oxygens (including phenoxy) is 2. The zero-order valence-electron chi connectivity index (χ0n) is 15.9. The van der Waals surface area contributed by atoms with Crippen LogP contribution < -0.4 is 19.5 Å². The van der Waals surface area contributed by atoms with E-state index in [0.717, 1.165) is 6.26 Å². The molecule has 1 atom stereocenters. The minimum absolute atomic E-state index is 0.140. The van der Waals surface area contributed by atoms with Crippen LogP contribution in [0.1, 0.15) is 23.6 Å². The summed E-state index contributed by atoms with van der Waals surface area (Å²) in [5.41, 5.74) is 1.15. The van der Waals surface area contributed by atoms with Gasteiger partial charge in [-0.3, -0.25) is 4.79 Å². The number of carbonyl (C=O) groups is 1. The van der Waals surface area contributed by atoms with E-state index in [1.165, 1.54) is 38.5 Å². The van der Waals surface area contributed by atoms with Gasteiger partial charge in [0.05, 0.1) is 38.6 Å². The van der Waals surface area contributed by atoms with Gasteiger partial charge >= 0.3 is 0 Å². The quantitative estimate of drug-likeness (QED) is 0.661. The molecule has 0 unspecified atom stereocenters. The van der Waals surface area contributed by atoms with E-state index in [4.69, 9.17) is 9.47 Å². The van der Waals surface area contributed by atoms with Crippen molar-refractivity contribution in [2.24, 2.45) is 0 Å². The maximum atomic E-state index is 13.2. The number of nitrogens with one attached hydrogen (secondary N) is 2. The van der Waals surface area contributed by atoms with Gasteiger partial charge in [-0.2, -0.15) is 0 Å². The van der Waals surface area contributed by atoms with Gasteiger partial charge in [0.2, 0.25) is 15.9 Å². The third kappa shape index (κ3) is 6.21. The molecule has 1 amide bonds. The van der Waals surface area contributed by atoms with E-state index in [-0.39, 0.29) is 13.0 Å². The van der Waals surface area contributed by atoms with Crippen molar-refractivity contribution in [2.75, 3.05) is 20.5 Å². The van der Waals surface area contributed by atoms with Crippen LogP contribution in [0.5, 0.6) is 11.5 Å². The second kappa shape index (κ2) is 9.52. The van der Waals surface area contributed by atoms with E-state index in [0.29, 0.717) is 22.6 Å². The number of halogens is 1. The van der Waals surface area contributed by atoms with Crippen LogP contribution in [-0.2, 0) is 21.4 Å². The fourth-order valence-electron chi connectivity index (χ4n) is 2.73. The highest BCUT2D eigenvalue weighted by Gasteiger charge is 2.20. The van der Waals surface area contributed by atoms with E-state index in [1.807, 2.05) is 0 Å². The first-order chi connectivity index (χ1) is 13.2. The van der Waals surface area contributed by atoms with E-state index in [2.05, 4.69) is 10.0 Å². The van der Waals surface area contributed by atoms with Gasteiger partial charge in [-0.25, -0.2) is 17.5 Å². The van der Waals surface area contributed by atoms with Crippen LogP contribution in [0, 0.1) is 5.82 Å². The molecule has 0 spiro atoms. The largest absolute Gasteiger partial charge is 0.496 e. The average Bonchev–Trinajstić information content (AvgIpc) is 2.65. The Morgan fingerprint density at radius 1 is 1.07 bits per heavy atom. The average molecular weight is 410 g/mol. The molecule has 2 aromatic rings. The minimum Gasteiger partial charge on any atom is -0.496 e. The van der Waals surface area contributed by atoms with Gasteiger partial charge in [-0.15, -0.1) is 0 Å². The van der Waals surface area contributed by atoms with Crippen LogP contribution in [0.4, 0.5) is 4.39 Å². The Balaban J connectivity index is 2.13. The number of carbonyl (C=O) groups excluding carboxylic acids is 1. The molecule has 2 aromatic carbocycles. The zero-order chi connectivity index (χ0) is 20.7. The van der Waals surface area contributed by atoms with Crippen molar-refractivity contribution in [2.45, 2.75) is 19.0 Å². The highest BCUT2D eigenvalue weighted by atomic mass is 32.2. The molecule has 0 saturated heterocycles. The third-order valence-electron chi connectivity index (χ3n) is 4.01. The van der Waals surface area contributed by atoms with Crippen LogP contribution in [0.25, 0.3) is 0 Å². The lowest BCUT2D eigenvalue weighted by Gasteiger charge is -2.18. The number of amides is 1. The van der Waals surface area contributed by atoms with Crippen molar-refractivity contribution < 1.29 is 27.1 Å². The van der Waals surface area contributed by atoms with Crippen molar-refractivity contribution in [3.8, 4) is 11.5 Å². The Labute approximate surface area is 163 Å². The number of methoxy groups -OCH3 is 2. The third-order valence-corrected chi connectivity index (χ3v) is 4.72. The fraction of sp³-hybridized carbons (Fsp3) is 0.316. The van der Waals surface area contributed by atoms with Crippen molar-refractivity contribution in [3.63, 3.8) is 0 Å². The van der Waals surface area contributed by atoms with Gasteiger partial charge in [0.1, 0.15) is 17.3 Å². The van der Waals surface area contributed by atoms with Gasteiger partial charge in [0, 0.05) is 6.42 Å². The summed E-state index contributed by atoms with van der Waals surface area (Å²) in [6.45, 7) is 0.140. The smallest absolute Gasteiger partial charge is 0.222 e. The molecule has 152 valence electrons. The van der Waals surface area contributed by atoms with Crippen LogP contribution in [0.2, 0.25) is 0 Å². The molecular weight excluding hydrogens is 387 g/mol. The van der Waals surface area contributed by atoms with Crippen molar-refractivity contribution in [3.05, 3.63) is 59.4 Å². The number of rotatable bonds is 9. The first-order valence-electron chi connectivity index (χ1n) is 8.43. The Hall–Kier alpha value is -2.65. The fourth-order valence-corrected chi connectivity index (χ4v) is 3.46. The molecule has 28 heavy (non-hydrogen) atoms. The normalized spacial score (nSPS) is 12.3. The molecule has 0 radical (unpaired) electrons. The standard InChI is InChI=1S/C19H23FN2O5S/c1-26-17-5-4-6-18(27-2)15(17)12-21-19(23)11-16(22-28(3,24)25)13-7-9-14(20)10-8-13/h4-10,16,22H,11-12H2,1-3H3,(H,21,23)/t16-/m0/s1. The minimum atomic E-state index is -3.58. The topological polar surface area (TPSA) is 93.7 Å². The molecule has 0 bridgehead atoms. The monoisotopic (exact) mass is 410 g/mol. The summed E-state index contributed by atoms with van der Waals surface area (Å²) in [7, 11) is -0.550. The van der Waals surface area contributed by atoms with E-state index >= 15 is 0 Å². The summed E-state index contributed by atoms with van der Waals surface area (Å²) in [6.07, 6.45) is 0.845.